The van der Waals surface area contributed by atoms with Crippen LogP contribution in [0.25, 0.3) is 5.69 Å². The van der Waals surface area contributed by atoms with Gasteiger partial charge in [0.15, 0.2) is 17.3 Å². The molecule has 1 unspecified atom stereocenters. The van der Waals surface area contributed by atoms with Crippen molar-refractivity contribution >= 4 is 18.0 Å². The highest BCUT2D eigenvalue weighted by molar-refractivity contribution is 5.93. The van der Waals surface area contributed by atoms with Gasteiger partial charge in [-0.2, -0.15) is 9.59 Å². The van der Waals surface area contributed by atoms with Gasteiger partial charge in [0.25, 0.3) is 5.91 Å². The largest absolute Gasteiger partial charge is 0.478 e. The number of rotatable bonds is 12. The molecule has 238 valence electrons. The molecule has 43 heavy (non-hydrogen) atoms. The fourth-order valence-electron chi connectivity index (χ4n) is 4.59. The molecule has 1 aliphatic rings. The number of unbranched alkanes of at least 4 members (excludes halogenated alkanes) is 1. The van der Waals surface area contributed by atoms with E-state index in [1.807, 2.05) is 13.8 Å². The summed E-state index contributed by atoms with van der Waals surface area (Å²) in [4.78, 5) is 41.2. The number of aliphatic hydroxyl groups is 1. The van der Waals surface area contributed by atoms with Gasteiger partial charge in [0.05, 0.1) is 11.8 Å². The number of hydrogen-bond acceptors (Lipinski definition) is 9. The molecule has 2 aromatic rings. The molecule has 1 fully saturated rings. The number of benzene rings is 1. The fourth-order valence-corrected chi connectivity index (χ4v) is 4.59. The van der Waals surface area contributed by atoms with Crippen LogP contribution >= 0.6 is 0 Å². The highest BCUT2D eigenvalue weighted by Crippen LogP contribution is 2.25. The van der Waals surface area contributed by atoms with E-state index in [1.165, 1.54) is 6.07 Å². The molecule has 0 saturated carbocycles. The number of nitrogens with one attached hydrogen (secondary N) is 1. The third-order valence-electron chi connectivity index (χ3n) is 6.61. The molecule has 3 N–H and O–H groups in total. The molecule has 1 saturated heterocycles. The molecule has 0 bridgehead atoms. The van der Waals surface area contributed by atoms with Crippen LogP contribution in [0.3, 0.4) is 0 Å². The van der Waals surface area contributed by atoms with Crippen LogP contribution in [0.5, 0.6) is 0 Å². The number of hydrogen-bond donors (Lipinski definition) is 3. The Morgan fingerprint density at radius 1 is 1.23 bits per heavy atom. The third kappa shape index (κ3) is 11.8. The lowest BCUT2D eigenvalue weighted by Crippen LogP contribution is -2.54. The lowest BCUT2D eigenvalue weighted by atomic mass is 9.90. The molecule has 14 heteroatoms. The number of aliphatic carboxylic acids is 1. The first-order valence-corrected chi connectivity index (χ1v) is 13.9. The Balaban J connectivity index is 0.00000103. The monoisotopic (exact) mass is 609 g/mol. The number of halogens is 2. The van der Waals surface area contributed by atoms with Gasteiger partial charge in [0.2, 0.25) is 0 Å². The average Bonchev–Trinajstić information content (AvgIpc) is 3.37. The maximum absolute atomic E-state index is 14.6. The number of carboxylic acid groups (broad SMARTS) is 1. The quantitative estimate of drug-likeness (QED) is 0.241. The second-order valence-electron chi connectivity index (χ2n) is 10.3. The van der Waals surface area contributed by atoms with E-state index in [0.717, 1.165) is 22.9 Å². The zero-order valence-electron chi connectivity index (χ0n) is 25.0. The summed E-state index contributed by atoms with van der Waals surface area (Å²) < 4.78 is 35.5. The zero-order valence-corrected chi connectivity index (χ0v) is 25.0. The van der Waals surface area contributed by atoms with E-state index < -0.39 is 23.7 Å². The number of aromatic nitrogens is 3. The smallest absolute Gasteiger partial charge is 0.373 e. The van der Waals surface area contributed by atoms with E-state index in [2.05, 4.69) is 22.2 Å². The van der Waals surface area contributed by atoms with Crippen molar-refractivity contribution in [2.45, 2.75) is 58.6 Å². The Morgan fingerprint density at radius 3 is 2.35 bits per heavy atom. The van der Waals surface area contributed by atoms with Crippen LogP contribution < -0.4 is 5.32 Å². The number of methoxy groups -OCH3 is 1. The summed E-state index contributed by atoms with van der Waals surface area (Å²) in [5, 5.41) is 29.2. The van der Waals surface area contributed by atoms with Crippen LogP contribution in [0.15, 0.2) is 30.9 Å². The van der Waals surface area contributed by atoms with Crippen LogP contribution in [0, 0.1) is 23.5 Å². The second kappa shape index (κ2) is 19.4. The van der Waals surface area contributed by atoms with Crippen molar-refractivity contribution in [1.29, 1.82) is 0 Å². The first kappa shape index (κ1) is 37.2. The van der Waals surface area contributed by atoms with Crippen molar-refractivity contribution in [2.75, 3.05) is 33.4 Å². The number of nitrogens with zero attached hydrogens (tertiary/aromatic N) is 4. The maximum atomic E-state index is 14.6. The van der Waals surface area contributed by atoms with Crippen LogP contribution in [0.2, 0.25) is 0 Å². The van der Waals surface area contributed by atoms with Crippen LogP contribution in [0.4, 0.5) is 8.78 Å². The molecule has 0 radical (unpaired) electrons. The van der Waals surface area contributed by atoms with Gasteiger partial charge in [-0.25, -0.2) is 18.3 Å². The number of carboxylic acids is 1. The van der Waals surface area contributed by atoms with Crippen molar-refractivity contribution < 1.29 is 42.9 Å². The Morgan fingerprint density at radius 2 is 1.84 bits per heavy atom. The van der Waals surface area contributed by atoms with Crippen LogP contribution in [-0.4, -0.2) is 93.6 Å². The van der Waals surface area contributed by atoms with Crippen molar-refractivity contribution in [3.8, 4) is 5.69 Å². The third-order valence-corrected chi connectivity index (χ3v) is 6.61. The minimum absolute atomic E-state index is 0.0212. The van der Waals surface area contributed by atoms with Crippen molar-refractivity contribution in [3.05, 3.63) is 53.9 Å². The van der Waals surface area contributed by atoms with Gasteiger partial charge in [-0.15, -0.1) is 5.10 Å². The van der Waals surface area contributed by atoms with Gasteiger partial charge in [0.1, 0.15) is 5.69 Å². The second-order valence-corrected chi connectivity index (χ2v) is 10.3. The molecule has 3 atom stereocenters. The summed E-state index contributed by atoms with van der Waals surface area (Å²) in [5.41, 5.74) is 0.134. The first-order valence-electron chi connectivity index (χ1n) is 13.9. The molecule has 0 aliphatic carbocycles. The predicted molar refractivity (Wildman–Crippen MR) is 151 cm³/mol. The van der Waals surface area contributed by atoms with Gasteiger partial charge >= 0.3 is 12.1 Å². The Bertz CT molecular complexity index is 1200. The molecular formula is C29H41F2N5O7. The van der Waals surface area contributed by atoms with Gasteiger partial charge < -0.3 is 25.2 Å². The van der Waals surface area contributed by atoms with E-state index in [1.54, 1.807) is 18.9 Å². The van der Waals surface area contributed by atoms with Gasteiger partial charge in [-0.3, -0.25) is 4.79 Å². The maximum Gasteiger partial charge on any atom is 0.373 e. The normalized spacial score (nSPS) is 16.6. The van der Waals surface area contributed by atoms with Gasteiger partial charge in [0, 0.05) is 45.5 Å². The van der Waals surface area contributed by atoms with E-state index in [4.69, 9.17) is 19.4 Å². The van der Waals surface area contributed by atoms with Gasteiger partial charge in [-0.1, -0.05) is 31.7 Å². The Hall–Kier alpha value is -3.84. The predicted octanol–water partition coefficient (Wildman–Crippen LogP) is 2.65. The number of para-hydroxylation sites is 1. The minimum atomic E-state index is -0.981. The lowest BCUT2D eigenvalue weighted by molar-refractivity contribution is -0.191. The number of aliphatic hydroxyl groups excluding tert-OH is 1. The molecule has 2 heterocycles. The Kier molecular flexibility index (Phi) is 16.7. The highest BCUT2D eigenvalue weighted by Gasteiger charge is 2.35. The van der Waals surface area contributed by atoms with Crippen molar-refractivity contribution in [1.82, 2.24) is 25.2 Å². The highest BCUT2D eigenvalue weighted by atomic mass is 19.1. The molecule has 1 aliphatic heterocycles. The summed E-state index contributed by atoms with van der Waals surface area (Å²) in [5.74, 6) is -2.64. The number of piperidine rings is 1. The number of carbonyl (C=O) groups is 2. The van der Waals surface area contributed by atoms with Crippen LogP contribution in [0.1, 0.15) is 56.2 Å². The summed E-state index contributed by atoms with van der Waals surface area (Å²) in [6.45, 7) is 11.1. The summed E-state index contributed by atoms with van der Waals surface area (Å²) in [6, 6.07) is 3.46. The average molecular weight is 610 g/mol. The number of amides is 1. The van der Waals surface area contributed by atoms with Crippen molar-refractivity contribution in [3.63, 3.8) is 0 Å². The van der Waals surface area contributed by atoms with Crippen molar-refractivity contribution in [2.24, 2.45) is 11.8 Å². The summed E-state index contributed by atoms with van der Waals surface area (Å²) in [6.07, 6.45) is 2.95. The molecule has 12 nitrogen and oxygen atoms in total. The van der Waals surface area contributed by atoms with Gasteiger partial charge in [-0.05, 0) is 56.6 Å². The standard InChI is InChI=1S/C25H37F2N5O3.C3H4O2.CO2/c1-16(2)15-31(19-12-18(17(3)33)13-28-14-19)25(34)23-22(10-5-6-11-35-4)32(30-29-23)24-20(26)8-7-9-21(24)27;1-2-3(4)5;2-1-3/h7-9,16-19,28,33H,5-6,10-15H2,1-4H3;2H,1H2,(H,4,5);/t17?,18-,19+;;/m1../s1. The van der Waals surface area contributed by atoms with E-state index in [-0.39, 0.29) is 41.3 Å². The molecule has 0 spiro atoms. The number of ether oxygens (including phenoxy) is 1. The van der Waals surface area contributed by atoms with E-state index in [0.29, 0.717) is 57.6 Å². The van der Waals surface area contributed by atoms with E-state index in [9.17, 15) is 23.5 Å². The summed E-state index contributed by atoms with van der Waals surface area (Å²) in [7, 11) is 1.61. The molecule has 1 aromatic heterocycles. The number of carbonyl (C=O) groups excluding carboxylic acids is 3. The lowest BCUT2D eigenvalue weighted by Gasteiger charge is -2.39. The Labute approximate surface area is 249 Å². The fraction of sp³-hybridized carbons (Fsp3) is 0.552. The topological polar surface area (TPSA) is 164 Å². The zero-order chi connectivity index (χ0) is 32.5. The minimum Gasteiger partial charge on any atom is -0.478 e. The molecule has 1 aromatic carbocycles. The molecule has 1 amide bonds. The summed E-state index contributed by atoms with van der Waals surface area (Å²) >= 11 is 0. The van der Waals surface area contributed by atoms with E-state index >= 15 is 0 Å². The van der Waals surface area contributed by atoms with Crippen LogP contribution in [-0.2, 0) is 25.5 Å². The SMILES string of the molecule is C=CC(=O)O.COCCCCc1c(C(=O)N(CC(C)C)[C@@H]2CNC[C@H](C(C)O)C2)nnn1-c1c(F)cccc1F.O=C=O. The molecular weight excluding hydrogens is 568 g/mol. The molecule has 3 rings (SSSR count). The first-order chi connectivity index (χ1) is 20.4.